The van der Waals surface area contributed by atoms with E-state index in [-0.39, 0.29) is 5.91 Å². The molecule has 3 heterocycles. The molecule has 1 saturated carbocycles. The Morgan fingerprint density at radius 1 is 1.30 bits per heavy atom. The molecule has 1 atom stereocenters. The predicted octanol–water partition coefficient (Wildman–Crippen LogP) is 1.41. The molecule has 4 rings (SSSR count). The molecule has 7 heteroatoms. The van der Waals surface area contributed by atoms with Gasteiger partial charge >= 0.3 is 0 Å². The Labute approximate surface area is 138 Å². The second-order valence-electron chi connectivity index (χ2n) is 6.74. The molecule has 1 aliphatic carbocycles. The van der Waals surface area contributed by atoms with E-state index in [1.807, 2.05) is 6.20 Å². The Balaban J connectivity index is 1.48. The maximum absolute atomic E-state index is 11.9. The summed E-state index contributed by atoms with van der Waals surface area (Å²) in [6.07, 6.45) is 11.0. The van der Waals surface area contributed by atoms with Crippen LogP contribution in [-0.2, 0) is 28.7 Å². The number of hydrogen-bond donors (Lipinski definition) is 1. The molecule has 1 amide bonds. The number of nitrogens with one attached hydrogen (secondary N) is 1. The van der Waals surface area contributed by atoms with Crippen LogP contribution in [0.25, 0.3) is 5.03 Å². The van der Waals surface area contributed by atoms with E-state index in [4.69, 9.17) is 0 Å². The first kappa shape index (κ1) is 15.1. The Morgan fingerprint density at radius 2 is 2.13 bits per heavy atom. The van der Waals surface area contributed by atoms with E-state index in [2.05, 4.69) is 14.7 Å². The van der Waals surface area contributed by atoms with Gasteiger partial charge in [0.15, 0.2) is 16.0 Å². The van der Waals surface area contributed by atoms with Crippen molar-refractivity contribution in [2.75, 3.05) is 13.1 Å². The molecule has 1 aromatic rings. The molecule has 6 nitrogen and oxygen atoms in total. The Morgan fingerprint density at radius 3 is 2.87 bits per heavy atom. The molecule has 124 valence electrons. The van der Waals surface area contributed by atoms with E-state index in [0.29, 0.717) is 5.03 Å². The number of carbonyl (C=O) groups excluding carboxylic acids is 1. The van der Waals surface area contributed by atoms with Crippen molar-refractivity contribution < 1.29 is 9.00 Å². The molecule has 1 aromatic heterocycles. The van der Waals surface area contributed by atoms with Crippen molar-refractivity contribution in [3.63, 3.8) is 0 Å². The zero-order valence-corrected chi connectivity index (χ0v) is 14.0. The second-order valence-corrected chi connectivity index (χ2v) is 7.89. The summed E-state index contributed by atoms with van der Waals surface area (Å²) in [5.74, 6) is 0.532. The van der Waals surface area contributed by atoms with Crippen molar-refractivity contribution in [2.24, 2.45) is 5.92 Å². The lowest BCUT2D eigenvalue weighted by Gasteiger charge is -2.32. The van der Waals surface area contributed by atoms with Crippen molar-refractivity contribution in [1.29, 1.82) is 0 Å². The van der Waals surface area contributed by atoms with Crippen LogP contribution in [0.3, 0.4) is 0 Å². The Bertz CT molecular complexity index is 676. The maximum atomic E-state index is 11.9. The number of amides is 1. The van der Waals surface area contributed by atoms with Crippen LogP contribution < -0.4 is 4.72 Å². The minimum absolute atomic E-state index is 0.308. The van der Waals surface area contributed by atoms with Gasteiger partial charge in [-0.05, 0) is 18.8 Å². The fourth-order valence-electron chi connectivity index (χ4n) is 3.95. The molecular formula is C16H22N4O2S. The predicted molar refractivity (Wildman–Crippen MR) is 88.3 cm³/mol. The van der Waals surface area contributed by atoms with Crippen LogP contribution in [0.15, 0.2) is 12.3 Å². The molecule has 0 radical (unpaired) electrons. The molecule has 1 fully saturated rings. The van der Waals surface area contributed by atoms with Crippen molar-refractivity contribution in [3.05, 3.63) is 23.5 Å². The molecule has 0 spiro atoms. The highest BCUT2D eigenvalue weighted by Crippen LogP contribution is 2.28. The van der Waals surface area contributed by atoms with E-state index in [9.17, 15) is 9.00 Å². The van der Waals surface area contributed by atoms with E-state index in [0.717, 1.165) is 31.1 Å². The third-order valence-corrected chi connectivity index (χ3v) is 6.16. The van der Waals surface area contributed by atoms with Gasteiger partial charge < -0.3 is 0 Å². The highest BCUT2D eigenvalue weighted by atomic mass is 32.2. The van der Waals surface area contributed by atoms with Crippen LogP contribution in [0.1, 0.15) is 43.4 Å². The van der Waals surface area contributed by atoms with Crippen LogP contribution >= 0.6 is 0 Å². The maximum Gasteiger partial charge on any atom is 0.258 e. The number of hydrogen-bond acceptors (Lipinski definition) is 4. The van der Waals surface area contributed by atoms with E-state index in [1.54, 1.807) is 4.68 Å². The van der Waals surface area contributed by atoms with Crippen molar-refractivity contribution in [2.45, 2.75) is 45.1 Å². The van der Waals surface area contributed by atoms with Gasteiger partial charge in [0.2, 0.25) is 0 Å². The average Bonchev–Trinajstić information content (AvgIpc) is 3.10. The molecule has 2 aliphatic heterocycles. The monoisotopic (exact) mass is 334 g/mol. The van der Waals surface area contributed by atoms with Gasteiger partial charge in [0, 0.05) is 37.7 Å². The minimum atomic E-state index is -1.48. The van der Waals surface area contributed by atoms with Crippen molar-refractivity contribution in [1.82, 2.24) is 19.4 Å². The third kappa shape index (κ3) is 2.99. The standard InChI is InChI=1S/C16H22N4O2S/c21-15-8-16(23(22)18-15)20-14-6-7-19(11-13(14)9-17-20)10-12-4-2-1-3-5-12/h8-9,12H,1-7,10-11H2,(H,18,21). The van der Waals surface area contributed by atoms with Gasteiger partial charge in [-0.25, -0.2) is 8.89 Å². The van der Waals surface area contributed by atoms with Gasteiger partial charge in [0.1, 0.15) is 0 Å². The topological polar surface area (TPSA) is 67.2 Å². The van der Waals surface area contributed by atoms with Crippen LogP contribution in [0.2, 0.25) is 0 Å². The molecular weight excluding hydrogens is 312 g/mol. The first-order valence-electron chi connectivity index (χ1n) is 8.43. The molecule has 3 aliphatic rings. The Kier molecular flexibility index (Phi) is 4.07. The number of nitrogens with zero attached hydrogens (tertiary/aromatic N) is 3. The second kappa shape index (κ2) is 6.20. The molecule has 0 bridgehead atoms. The summed E-state index contributed by atoms with van der Waals surface area (Å²) in [5.41, 5.74) is 2.30. The van der Waals surface area contributed by atoms with Crippen LogP contribution in [0.5, 0.6) is 0 Å². The lowest BCUT2D eigenvalue weighted by atomic mass is 9.88. The van der Waals surface area contributed by atoms with Gasteiger partial charge in [-0.1, -0.05) is 19.3 Å². The van der Waals surface area contributed by atoms with Gasteiger partial charge in [-0.3, -0.25) is 14.4 Å². The molecule has 1 unspecified atom stereocenters. The summed E-state index contributed by atoms with van der Waals surface area (Å²) in [5, 5.41) is 4.84. The van der Waals surface area contributed by atoms with Gasteiger partial charge in [0.05, 0.1) is 11.9 Å². The summed E-state index contributed by atoms with van der Waals surface area (Å²) in [6, 6.07) is 0. The van der Waals surface area contributed by atoms with Gasteiger partial charge in [-0.2, -0.15) is 5.10 Å². The largest absolute Gasteiger partial charge is 0.298 e. The average molecular weight is 334 g/mol. The fourth-order valence-corrected chi connectivity index (χ4v) is 4.82. The first-order valence-corrected chi connectivity index (χ1v) is 9.58. The summed E-state index contributed by atoms with van der Waals surface area (Å²) >= 11 is 0. The number of fused-ring (bicyclic) bond motifs is 1. The minimum Gasteiger partial charge on any atom is -0.298 e. The van der Waals surface area contributed by atoms with Crippen molar-refractivity contribution in [3.8, 4) is 0 Å². The highest BCUT2D eigenvalue weighted by Gasteiger charge is 2.28. The normalized spacial score (nSPS) is 26.0. The summed E-state index contributed by atoms with van der Waals surface area (Å²) < 4.78 is 16.0. The zero-order valence-electron chi connectivity index (χ0n) is 13.2. The van der Waals surface area contributed by atoms with Gasteiger partial charge in [0.25, 0.3) is 5.91 Å². The number of carbonyl (C=O) groups is 1. The highest BCUT2D eigenvalue weighted by molar-refractivity contribution is 7.93. The van der Waals surface area contributed by atoms with Crippen LogP contribution in [-0.4, -0.2) is 37.9 Å². The van der Waals surface area contributed by atoms with Crippen LogP contribution in [0.4, 0.5) is 0 Å². The summed E-state index contributed by atoms with van der Waals surface area (Å²) in [6.45, 7) is 3.10. The molecule has 1 N–H and O–H groups in total. The summed E-state index contributed by atoms with van der Waals surface area (Å²) in [7, 11) is -1.48. The van der Waals surface area contributed by atoms with Crippen LogP contribution in [0, 0.1) is 5.92 Å². The van der Waals surface area contributed by atoms with E-state index in [1.165, 1.54) is 50.3 Å². The quantitative estimate of drug-likeness (QED) is 0.908. The third-order valence-electron chi connectivity index (χ3n) is 5.10. The number of rotatable bonds is 3. The molecule has 0 aromatic carbocycles. The smallest absolute Gasteiger partial charge is 0.258 e. The lowest BCUT2D eigenvalue weighted by Crippen LogP contribution is -2.35. The van der Waals surface area contributed by atoms with Crippen molar-refractivity contribution >= 4 is 21.9 Å². The first-order chi connectivity index (χ1) is 11.2. The number of aromatic nitrogens is 2. The zero-order chi connectivity index (χ0) is 15.8. The van der Waals surface area contributed by atoms with Gasteiger partial charge in [-0.15, -0.1) is 0 Å². The molecule has 23 heavy (non-hydrogen) atoms. The van der Waals surface area contributed by atoms with E-state index >= 15 is 0 Å². The Hall–Kier alpha value is -1.47. The SMILES string of the molecule is O=C1C=C(n2ncc3c2CCN(CC2CCCCC2)C3)S(=O)N1. The summed E-state index contributed by atoms with van der Waals surface area (Å²) in [4.78, 5) is 13.9. The fraction of sp³-hybridized carbons (Fsp3) is 0.625. The lowest BCUT2D eigenvalue weighted by molar-refractivity contribution is -0.114. The van der Waals surface area contributed by atoms with E-state index < -0.39 is 11.0 Å². The molecule has 0 saturated heterocycles.